The molecular weight excluding hydrogens is 364 g/mol. The number of benzene rings is 3. The zero-order valence-corrected chi connectivity index (χ0v) is 16.6. The minimum atomic E-state index is -0.394. The van der Waals surface area contributed by atoms with Crippen LogP contribution in [0.25, 0.3) is 0 Å². The first-order chi connectivity index (χ1) is 14.0. The Kier molecular flexibility index (Phi) is 4.89. The molecule has 1 heterocycles. The van der Waals surface area contributed by atoms with E-state index in [1.54, 1.807) is 12.1 Å². The smallest absolute Gasteiger partial charge is 0.269 e. The predicted molar refractivity (Wildman–Crippen MR) is 113 cm³/mol. The Morgan fingerprint density at radius 2 is 1.52 bits per heavy atom. The van der Waals surface area contributed by atoms with Crippen molar-refractivity contribution < 1.29 is 9.76 Å². The fraction of sp³-hybridized carbons (Fsp3) is 0.208. The van der Waals surface area contributed by atoms with Gasteiger partial charge < -0.3 is 4.84 Å². The number of rotatable bonds is 4. The Morgan fingerprint density at radius 3 is 2.10 bits per heavy atom. The standard InChI is InChI=1S/C24H22N2O3/c1-15-13-16(2)21(17(3)14-15)23-22(18-7-5-4-6-8-18)24(29-25-23)19-9-11-20(12-10-19)26(27)28/h4-14,22,24H,1-3H3/t22-,24+/m1/s1. The third kappa shape index (κ3) is 3.51. The van der Waals surface area contributed by atoms with Crippen LogP contribution in [-0.2, 0) is 4.84 Å². The molecular formula is C24H22N2O3. The molecule has 5 heteroatoms. The Hall–Kier alpha value is -3.47. The highest BCUT2D eigenvalue weighted by molar-refractivity contribution is 6.08. The largest absolute Gasteiger partial charge is 0.386 e. The maximum Gasteiger partial charge on any atom is 0.269 e. The van der Waals surface area contributed by atoms with Crippen molar-refractivity contribution in [2.24, 2.45) is 5.16 Å². The van der Waals surface area contributed by atoms with Gasteiger partial charge in [0.15, 0.2) is 6.10 Å². The summed E-state index contributed by atoms with van der Waals surface area (Å²) < 4.78 is 0. The molecule has 0 aliphatic carbocycles. The summed E-state index contributed by atoms with van der Waals surface area (Å²) >= 11 is 0. The van der Waals surface area contributed by atoms with Crippen LogP contribution >= 0.6 is 0 Å². The molecule has 0 amide bonds. The van der Waals surface area contributed by atoms with Gasteiger partial charge in [0, 0.05) is 17.7 Å². The van der Waals surface area contributed by atoms with E-state index >= 15 is 0 Å². The van der Waals surface area contributed by atoms with Gasteiger partial charge >= 0.3 is 0 Å². The molecule has 0 bridgehead atoms. The van der Waals surface area contributed by atoms with Gasteiger partial charge in [-0.2, -0.15) is 0 Å². The quantitative estimate of drug-likeness (QED) is 0.422. The van der Waals surface area contributed by atoms with Crippen LogP contribution in [0.1, 0.15) is 45.4 Å². The van der Waals surface area contributed by atoms with Crippen LogP contribution in [0.2, 0.25) is 0 Å². The Balaban J connectivity index is 1.80. The number of hydrogen-bond donors (Lipinski definition) is 0. The topological polar surface area (TPSA) is 64.7 Å². The van der Waals surface area contributed by atoms with Crippen molar-refractivity contribution >= 4 is 11.4 Å². The molecule has 0 saturated heterocycles. The summed E-state index contributed by atoms with van der Waals surface area (Å²) in [7, 11) is 0. The van der Waals surface area contributed by atoms with Gasteiger partial charge in [-0.1, -0.05) is 53.2 Å². The van der Waals surface area contributed by atoms with Crippen LogP contribution < -0.4 is 0 Å². The van der Waals surface area contributed by atoms with Crippen molar-refractivity contribution in [3.05, 3.63) is 110 Å². The van der Waals surface area contributed by atoms with Gasteiger partial charge in [0.05, 0.1) is 16.6 Å². The summed E-state index contributed by atoms with van der Waals surface area (Å²) in [5.41, 5.74) is 7.58. The molecule has 0 N–H and O–H groups in total. The summed E-state index contributed by atoms with van der Waals surface area (Å²) in [5.74, 6) is -0.0993. The van der Waals surface area contributed by atoms with Crippen LogP contribution in [-0.4, -0.2) is 10.6 Å². The minimum absolute atomic E-state index is 0.0642. The first kappa shape index (κ1) is 18.9. The summed E-state index contributed by atoms with van der Waals surface area (Å²) in [6, 6.07) is 21.0. The van der Waals surface area contributed by atoms with Crippen molar-refractivity contribution in [1.82, 2.24) is 0 Å². The predicted octanol–water partition coefficient (Wildman–Crippen LogP) is 5.78. The number of nitro groups is 1. The van der Waals surface area contributed by atoms with E-state index < -0.39 is 4.92 Å². The molecule has 0 radical (unpaired) electrons. The van der Waals surface area contributed by atoms with Gasteiger partial charge in [0.1, 0.15) is 0 Å². The monoisotopic (exact) mass is 386 g/mol. The molecule has 0 spiro atoms. The molecule has 2 atom stereocenters. The van der Waals surface area contributed by atoms with Crippen molar-refractivity contribution in [3.63, 3.8) is 0 Å². The van der Waals surface area contributed by atoms with Crippen molar-refractivity contribution in [2.75, 3.05) is 0 Å². The van der Waals surface area contributed by atoms with Crippen molar-refractivity contribution in [3.8, 4) is 0 Å². The van der Waals surface area contributed by atoms with Gasteiger partial charge in [-0.3, -0.25) is 10.1 Å². The van der Waals surface area contributed by atoms with E-state index in [9.17, 15) is 10.1 Å². The maximum absolute atomic E-state index is 11.0. The Morgan fingerprint density at radius 1 is 0.897 bits per heavy atom. The molecule has 3 aromatic carbocycles. The van der Waals surface area contributed by atoms with E-state index in [2.05, 4.69) is 50.2 Å². The minimum Gasteiger partial charge on any atom is -0.386 e. The molecule has 0 fully saturated rings. The van der Waals surface area contributed by atoms with Gasteiger partial charge in [-0.05, 0) is 55.2 Å². The van der Waals surface area contributed by atoms with Crippen molar-refractivity contribution in [1.29, 1.82) is 0 Å². The first-order valence-corrected chi connectivity index (χ1v) is 9.57. The average Bonchev–Trinajstić information content (AvgIpc) is 3.12. The zero-order valence-electron chi connectivity index (χ0n) is 16.6. The van der Waals surface area contributed by atoms with E-state index in [1.807, 2.05) is 18.2 Å². The third-order valence-corrected chi connectivity index (χ3v) is 5.39. The third-order valence-electron chi connectivity index (χ3n) is 5.39. The normalized spacial score (nSPS) is 18.2. The molecule has 1 aliphatic heterocycles. The molecule has 1 aliphatic rings. The van der Waals surface area contributed by atoms with Crippen LogP contribution in [0.5, 0.6) is 0 Å². The van der Waals surface area contributed by atoms with Crippen molar-refractivity contribution in [2.45, 2.75) is 32.8 Å². The van der Waals surface area contributed by atoms with Gasteiger partial charge in [0.2, 0.25) is 0 Å². The number of non-ortho nitro benzene ring substituents is 1. The second-order valence-electron chi connectivity index (χ2n) is 7.51. The molecule has 29 heavy (non-hydrogen) atoms. The number of nitro benzene ring substituents is 1. The lowest BCUT2D eigenvalue weighted by atomic mass is 9.81. The number of nitrogens with zero attached hydrogens (tertiary/aromatic N) is 2. The number of oxime groups is 1. The molecule has 3 aromatic rings. The molecule has 146 valence electrons. The highest BCUT2D eigenvalue weighted by Crippen LogP contribution is 2.43. The summed E-state index contributed by atoms with van der Waals surface area (Å²) in [5, 5.41) is 15.5. The second kappa shape index (κ2) is 7.51. The molecule has 4 rings (SSSR count). The zero-order chi connectivity index (χ0) is 20.5. The van der Waals surface area contributed by atoms with Gasteiger partial charge in [-0.15, -0.1) is 0 Å². The average molecular weight is 386 g/mol. The molecule has 5 nitrogen and oxygen atoms in total. The Bertz CT molecular complexity index is 1070. The highest BCUT2D eigenvalue weighted by Gasteiger charge is 2.38. The van der Waals surface area contributed by atoms with Crippen LogP contribution in [0.4, 0.5) is 5.69 Å². The number of hydrogen-bond acceptors (Lipinski definition) is 4. The Labute approximate surface area is 169 Å². The molecule has 0 saturated carbocycles. The van der Waals surface area contributed by atoms with E-state index in [0.717, 1.165) is 33.5 Å². The van der Waals surface area contributed by atoms with Crippen LogP contribution in [0, 0.1) is 30.9 Å². The summed E-state index contributed by atoms with van der Waals surface area (Å²) in [6.07, 6.45) is -0.340. The maximum atomic E-state index is 11.0. The lowest BCUT2D eigenvalue weighted by molar-refractivity contribution is -0.384. The summed E-state index contributed by atoms with van der Waals surface area (Å²) in [6.45, 7) is 6.28. The SMILES string of the molecule is Cc1cc(C)c(C2=NO[C@@H](c3ccc([N+](=O)[O-])cc3)[C@@H]2c2ccccc2)c(C)c1. The fourth-order valence-corrected chi connectivity index (χ4v) is 4.19. The van der Waals surface area contributed by atoms with E-state index in [-0.39, 0.29) is 17.7 Å². The lowest BCUT2D eigenvalue weighted by Crippen LogP contribution is -2.18. The second-order valence-corrected chi connectivity index (χ2v) is 7.51. The number of aryl methyl sites for hydroxylation is 3. The molecule has 0 unspecified atom stereocenters. The molecule has 0 aromatic heterocycles. The van der Waals surface area contributed by atoms with E-state index in [4.69, 9.17) is 4.84 Å². The first-order valence-electron chi connectivity index (χ1n) is 9.57. The van der Waals surface area contributed by atoms with E-state index in [0.29, 0.717) is 0 Å². The van der Waals surface area contributed by atoms with Crippen LogP contribution in [0.15, 0.2) is 71.9 Å². The van der Waals surface area contributed by atoms with Gasteiger partial charge in [-0.25, -0.2) is 0 Å². The highest BCUT2D eigenvalue weighted by atomic mass is 16.6. The summed E-state index contributed by atoms with van der Waals surface area (Å²) in [4.78, 5) is 16.5. The van der Waals surface area contributed by atoms with Gasteiger partial charge in [0.25, 0.3) is 5.69 Å². The fourth-order valence-electron chi connectivity index (χ4n) is 4.19. The van der Waals surface area contributed by atoms with Crippen LogP contribution in [0.3, 0.4) is 0 Å². The van der Waals surface area contributed by atoms with E-state index in [1.165, 1.54) is 17.7 Å². The lowest BCUT2D eigenvalue weighted by Gasteiger charge is -2.21.